The molecular formula is C12H14ClN3S. The van der Waals surface area contributed by atoms with E-state index in [4.69, 9.17) is 11.6 Å². The molecule has 17 heavy (non-hydrogen) atoms. The molecule has 0 aromatic carbocycles. The van der Waals surface area contributed by atoms with Crippen LogP contribution in [0.4, 0.5) is 0 Å². The van der Waals surface area contributed by atoms with Crippen LogP contribution in [0, 0.1) is 0 Å². The predicted octanol–water partition coefficient (Wildman–Crippen LogP) is 3.50. The van der Waals surface area contributed by atoms with Gasteiger partial charge in [0.25, 0.3) is 0 Å². The molecule has 0 N–H and O–H groups in total. The topological polar surface area (TPSA) is 30.7 Å². The molecule has 0 saturated carbocycles. The first-order chi connectivity index (χ1) is 7.99. The molecule has 0 aliphatic heterocycles. The average Bonchev–Trinajstić information content (AvgIpc) is 2.58. The molecule has 0 amide bonds. The van der Waals surface area contributed by atoms with Gasteiger partial charge >= 0.3 is 0 Å². The summed E-state index contributed by atoms with van der Waals surface area (Å²) in [4.78, 5) is 5.03. The summed E-state index contributed by atoms with van der Waals surface area (Å²) in [7, 11) is 1.87. The molecule has 3 nitrogen and oxygen atoms in total. The maximum Gasteiger partial charge on any atom is 0.164 e. The third-order valence-corrected chi connectivity index (χ3v) is 4.15. The van der Waals surface area contributed by atoms with Gasteiger partial charge in [-0.2, -0.15) is 5.10 Å². The van der Waals surface area contributed by atoms with Crippen LogP contribution in [0.15, 0.2) is 35.6 Å². The number of aryl methyl sites for hydroxylation is 1. The number of hydrogen-bond donors (Lipinski definition) is 0. The zero-order chi connectivity index (χ0) is 12.5. The van der Waals surface area contributed by atoms with E-state index in [1.54, 1.807) is 16.4 Å². The highest BCUT2D eigenvalue weighted by molar-refractivity contribution is 8.00. The molecule has 0 aliphatic rings. The van der Waals surface area contributed by atoms with Crippen molar-refractivity contribution in [1.82, 2.24) is 14.8 Å². The number of halogens is 1. The van der Waals surface area contributed by atoms with Crippen LogP contribution in [0.2, 0.25) is 5.15 Å². The second-order valence-electron chi connectivity index (χ2n) is 4.31. The normalized spacial score (nSPS) is 11.8. The second-order valence-corrected chi connectivity index (χ2v) is 6.33. The Kier molecular flexibility index (Phi) is 3.45. The number of rotatable bonds is 3. The van der Waals surface area contributed by atoms with Gasteiger partial charge in [-0.25, -0.2) is 0 Å². The van der Waals surface area contributed by atoms with Crippen LogP contribution in [0.1, 0.15) is 19.4 Å². The minimum atomic E-state index is -0.0599. The molecule has 2 heterocycles. The molecule has 0 aliphatic carbocycles. The molecule has 5 heteroatoms. The van der Waals surface area contributed by atoms with Crippen LogP contribution in [0.5, 0.6) is 0 Å². The van der Waals surface area contributed by atoms with Crippen LogP contribution >= 0.6 is 23.4 Å². The lowest BCUT2D eigenvalue weighted by atomic mass is 10.0. The fourth-order valence-electron chi connectivity index (χ4n) is 1.60. The van der Waals surface area contributed by atoms with Gasteiger partial charge in [0.05, 0.1) is 4.90 Å². The lowest BCUT2D eigenvalue weighted by molar-refractivity contribution is 0.765. The number of aromatic nitrogens is 3. The molecular weight excluding hydrogens is 254 g/mol. The van der Waals surface area contributed by atoms with Gasteiger partial charge in [-0.05, 0) is 31.5 Å². The lowest BCUT2D eigenvalue weighted by Crippen LogP contribution is -2.11. The van der Waals surface area contributed by atoms with Crippen LogP contribution in [0.25, 0.3) is 0 Å². The van der Waals surface area contributed by atoms with E-state index >= 15 is 0 Å². The maximum atomic E-state index is 6.07. The molecule has 0 bridgehead atoms. The monoisotopic (exact) mass is 267 g/mol. The minimum Gasteiger partial charge on any atom is -0.273 e. The Bertz CT molecular complexity index is 508. The van der Waals surface area contributed by atoms with E-state index in [0.717, 1.165) is 4.90 Å². The van der Waals surface area contributed by atoms with Gasteiger partial charge in [-0.15, -0.1) is 11.8 Å². The summed E-state index contributed by atoms with van der Waals surface area (Å²) in [5.41, 5.74) is 1.22. The van der Waals surface area contributed by atoms with Crippen molar-refractivity contribution < 1.29 is 0 Å². The van der Waals surface area contributed by atoms with Gasteiger partial charge in [0, 0.05) is 30.4 Å². The van der Waals surface area contributed by atoms with Gasteiger partial charge in [-0.3, -0.25) is 9.67 Å². The molecule has 0 spiro atoms. The summed E-state index contributed by atoms with van der Waals surface area (Å²) >= 11 is 7.78. The third-order valence-electron chi connectivity index (χ3n) is 2.49. The molecule has 90 valence electrons. The number of hydrogen-bond acceptors (Lipinski definition) is 3. The third kappa shape index (κ3) is 2.82. The summed E-state index contributed by atoms with van der Waals surface area (Å²) in [6, 6.07) is 4.05. The van der Waals surface area contributed by atoms with Crippen LogP contribution < -0.4 is 0 Å². The van der Waals surface area contributed by atoms with E-state index in [9.17, 15) is 0 Å². The quantitative estimate of drug-likeness (QED) is 0.798. The molecule has 2 aromatic rings. The molecule has 0 saturated heterocycles. The van der Waals surface area contributed by atoms with Crippen molar-refractivity contribution in [3.63, 3.8) is 0 Å². The van der Waals surface area contributed by atoms with Gasteiger partial charge < -0.3 is 0 Å². The molecule has 0 fully saturated rings. The fraction of sp³-hybridized carbons (Fsp3) is 0.333. The Labute approximate surface area is 110 Å². The zero-order valence-corrected chi connectivity index (χ0v) is 11.6. The Morgan fingerprint density at radius 3 is 2.47 bits per heavy atom. The van der Waals surface area contributed by atoms with E-state index in [1.165, 1.54) is 5.56 Å². The van der Waals surface area contributed by atoms with Crippen molar-refractivity contribution >= 4 is 23.4 Å². The van der Waals surface area contributed by atoms with Crippen LogP contribution in [-0.2, 0) is 11.8 Å². The minimum absolute atomic E-state index is 0.0599. The highest BCUT2D eigenvalue weighted by Gasteiger charge is 2.24. The van der Waals surface area contributed by atoms with Crippen molar-refractivity contribution in [2.45, 2.75) is 23.5 Å². The number of nitrogens with zero attached hydrogens (tertiary/aromatic N) is 3. The van der Waals surface area contributed by atoms with Crippen molar-refractivity contribution in [2.24, 2.45) is 7.05 Å². The average molecular weight is 268 g/mol. The van der Waals surface area contributed by atoms with E-state index in [-0.39, 0.29) is 4.75 Å². The molecule has 0 atom stereocenters. The van der Waals surface area contributed by atoms with E-state index < -0.39 is 0 Å². The molecule has 2 aromatic heterocycles. The van der Waals surface area contributed by atoms with Crippen LogP contribution in [-0.4, -0.2) is 14.8 Å². The summed E-state index contributed by atoms with van der Waals surface area (Å²) in [6.07, 6.45) is 5.56. The summed E-state index contributed by atoms with van der Waals surface area (Å²) < 4.78 is 1.67. The predicted molar refractivity (Wildman–Crippen MR) is 71.3 cm³/mol. The highest BCUT2D eigenvalue weighted by atomic mass is 35.5. The lowest BCUT2D eigenvalue weighted by Gasteiger charge is -2.23. The van der Waals surface area contributed by atoms with Crippen molar-refractivity contribution in [1.29, 1.82) is 0 Å². The Hall–Kier alpha value is -1.000. The molecule has 2 rings (SSSR count). The molecule has 0 radical (unpaired) electrons. The van der Waals surface area contributed by atoms with E-state index in [2.05, 4.69) is 23.9 Å². The summed E-state index contributed by atoms with van der Waals surface area (Å²) in [5, 5.41) is 4.69. The van der Waals surface area contributed by atoms with Crippen LogP contribution in [0.3, 0.4) is 0 Å². The first-order valence-electron chi connectivity index (χ1n) is 5.28. The Balaban J connectivity index is 2.26. The van der Waals surface area contributed by atoms with Crippen molar-refractivity contribution in [3.8, 4) is 0 Å². The summed E-state index contributed by atoms with van der Waals surface area (Å²) in [5.74, 6) is 0. The number of thioether (sulfide) groups is 1. The Morgan fingerprint density at radius 1 is 1.29 bits per heavy atom. The van der Waals surface area contributed by atoms with Gasteiger partial charge in [0.2, 0.25) is 0 Å². The standard InChI is InChI=1S/C12H14ClN3S/c1-12(2,9-4-6-14-7-5-9)17-10-8-16(3)15-11(10)13/h4-8H,1-3H3. The smallest absolute Gasteiger partial charge is 0.164 e. The second kappa shape index (κ2) is 4.70. The SMILES string of the molecule is Cn1cc(SC(C)(C)c2ccncc2)c(Cl)n1. The van der Waals surface area contributed by atoms with Crippen molar-refractivity contribution in [3.05, 3.63) is 41.4 Å². The first kappa shape index (κ1) is 12.5. The molecule has 0 unspecified atom stereocenters. The largest absolute Gasteiger partial charge is 0.273 e. The van der Waals surface area contributed by atoms with Gasteiger partial charge in [0.1, 0.15) is 0 Å². The van der Waals surface area contributed by atoms with Gasteiger partial charge in [-0.1, -0.05) is 11.6 Å². The van der Waals surface area contributed by atoms with Gasteiger partial charge in [0.15, 0.2) is 5.15 Å². The van der Waals surface area contributed by atoms with E-state index in [1.807, 2.05) is 37.8 Å². The first-order valence-corrected chi connectivity index (χ1v) is 6.47. The maximum absolute atomic E-state index is 6.07. The van der Waals surface area contributed by atoms with Crippen molar-refractivity contribution in [2.75, 3.05) is 0 Å². The fourth-order valence-corrected chi connectivity index (χ4v) is 3.01. The Morgan fingerprint density at radius 2 is 1.94 bits per heavy atom. The summed E-state index contributed by atoms with van der Waals surface area (Å²) in [6.45, 7) is 4.33. The van der Waals surface area contributed by atoms with E-state index in [0.29, 0.717) is 5.15 Å². The number of pyridine rings is 1. The zero-order valence-electron chi connectivity index (χ0n) is 10.0. The highest BCUT2D eigenvalue weighted by Crippen LogP contribution is 2.42.